The standard InChI is InChI=1S/C25H29N3O4S/c1-16-6-4-7-19(10-16)26-25(33)28(15-20-8-5-9-32-20)14-18-11-17-12-22(30-2)23(31-3)13-21(17)27-24(18)29/h4,6-7,10-13,20H,5,8-9,14-15H2,1-3H3,(H,26,33)(H,27,29)/t20-/m1/s1. The van der Waals surface area contributed by atoms with Gasteiger partial charge >= 0.3 is 0 Å². The predicted octanol–water partition coefficient (Wildman–Crippen LogP) is 4.23. The zero-order valence-corrected chi connectivity index (χ0v) is 20.0. The number of pyridine rings is 1. The van der Waals surface area contributed by atoms with Gasteiger partial charge in [0.05, 0.1) is 32.4 Å². The molecule has 174 valence electrons. The molecule has 0 spiro atoms. The third-order valence-electron chi connectivity index (χ3n) is 5.79. The van der Waals surface area contributed by atoms with Gasteiger partial charge in [0.15, 0.2) is 16.6 Å². The Balaban J connectivity index is 1.63. The zero-order valence-electron chi connectivity index (χ0n) is 19.1. The fourth-order valence-corrected chi connectivity index (χ4v) is 4.34. The molecule has 0 bridgehead atoms. The Labute approximate surface area is 198 Å². The summed E-state index contributed by atoms with van der Waals surface area (Å²) in [5.74, 6) is 1.17. The van der Waals surface area contributed by atoms with Gasteiger partial charge in [0.25, 0.3) is 5.56 Å². The number of hydrogen-bond acceptors (Lipinski definition) is 5. The van der Waals surface area contributed by atoms with Gasteiger partial charge in [-0.05, 0) is 61.8 Å². The molecule has 1 fully saturated rings. The van der Waals surface area contributed by atoms with Crippen LogP contribution in [0.25, 0.3) is 10.9 Å². The molecule has 4 rings (SSSR count). The van der Waals surface area contributed by atoms with Crippen LogP contribution in [-0.2, 0) is 11.3 Å². The van der Waals surface area contributed by atoms with Crippen LogP contribution in [0.5, 0.6) is 11.5 Å². The highest BCUT2D eigenvalue weighted by molar-refractivity contribution is 7.80. The highest BCUT2D eigenvalue weighted by Gasteiger charge is 2.22. The van der Waals surface area contributed by atoms with Crippen LogP contribution in [0.1, 0.15) is 24.0 Å². The second kappa shape index (κ2) is 10.2. The summed E-state index contributed by atoms with van der Waals surface area (Å²) in [7, 11) is 3.16. The van der Waals surface area contributed by atoms with Crippen molar-refractivity contribution in [1.82, 2.24) is 9.88 Å². The van der Waals surface area contributed by atoms with Gasteiger partial charge in [0.1, 0.15) is 0 Å². The minimum atomic E-state index is -0.162. The minimum Gasteiger partial charge on any atom is -0.493 e. The fourth-order valence-electron chi connectivity index (χ4n) is 4.08. The van der Waals surface area contributed by atoms with E-state index >= 15 is 0 Å². The average molecular weight is 468 g/mol. The lowest BCUT2D eigenvalue weighted by atomic mass is 10.1. The Kier molecular flexibility index (Phi) is 7.15. The van der Waals surface area contributed by atoms with E-state index in [-0.39, 0.29) is 11.7 Å². The second-order valence-electron chi connectivity index (χ2n) is 8.23. The van der Waals surface area contributed by atoms with Crippen molar-refractivity contribution >= 4 is 33.9 Å². The van der Waals surface area contributed by atoms with Crippen molar-refractivity contribution < 1.29 is 14.2 Å². The molecule has 1 saturated heterocycles. The van der Waals surface area contributed by atoms with Gasteiger partial charge in [-0.3, -0.25) is 4.79 Å². The Hall–Kier alpha value is -3.10. The van der Waals surface area contributed by atoms with Crippen LogP contribution in [0.2, 0.25) is 0 Å². The Morgan fingerprint density at radius 2 is 2.00 bits per heavy atom. The quantitative estimate of drug-likeness (QED) is 0.504. The van der Waals surface area contributed by atoms with Crippen molar-refractivity contribution in [2.75, 3.05) is 32.7 Å². The largest absolute Gasteiger partial charge is 0.493 e. The molecular formula is C25H29N3O4S. The fraction of sp³-hybridized carbons (Fsp3) is 0.360. The van der Waals surface area contributed by atoms with E-state index in [1.165, 1.54) is 0 Å². The molecule has 0 unspecified atom stereocenters. The number of methoxy groups -OCH3 is 2. The lowest BCUT2D eigenvalue weighted by Crippen LogP contribution is -2.40. The molecule has 0 radical (unpaired) electrons. The van der Waals surface area contributed by atoms with Crippen LogP contribution in [0.3, 0.4) is 0 Å². The van der Waals surface area contributed by atoms with E-state index in [0.717, 1.165) is 36.1 Å². The van der Waals surface area contributed by atoms with Crippen LogP contribution in [0.15, 0.2) is 47.3 Å². The van der Waals surface area contributed by atoms with Crippen LogP contribution in [-0.4, -0.2) is 48.5 Å². The van der Waals surface area contributed by atoms with Crippen molar-refractivity contribution in [2.24, 2.45) is 0 Å². The number of thiocarbonyl (C=S) groups is 1. The van der Waals surface area contributed by atoms with E-state index in [0.29, 0.717) is 40.8 Å². The van der Waals surface area contributed by atoms with Gasteiger partial charge in [-0.2, -0.15) is 0 Å². The number of benzene rings is 2. The van der Waals surface area contributed by atoms with E-state index < -0.39 is 0 Å². The smallest absolute Gasteiger partial charge is 0.253 e. The molecule has 33 heavy (non-hydrogen) atoms. The van der Waals surface area contributed by atoms with Crippen molar-refractivity contribution in [1.29, 1.82) is 0 Å². The van der Waals surface area contributed by atoms with Crippen LogP contribution < -0.4 is 20.3 Å². The molecule has 2 heterocycles. The van der Waals surface area contributed by atoms with Crippen molar-refractivity contribution in [3.05, 3.63) is 63.9 Å². The average Bonchev–Trinajstić information content (AvgIpc) is 3.31. The molecule has 2 aromatic carbocycles. The van der Waals surface area contributed by atoms with E-state index in [2.05, 4.69) is 10.3 Å². The number of nitrogens with one attached hydrogen (secondary N) is 2. The van der Waals surface area contributed by atoms with Gasteiger partial charge in [-0.1, -0.05) is 12.1 Å². The number of ether oxygens (including phenoxy) is 3. The number of hydrogen-bond donors (Lipinski definition) is 2. The van der Waals surface area contributed by atoms with Gasteiger partial charge in [0.2, 0.25) is 0 Å². The van der Waals surface area contributed by atoms with E-state index in [1.807, 2.05) is 48.2 Å². The predicted molar refractivity (Wildman–Crippen MR) is 134 cm³/mol. The molecular weight excluding hydrogens is 438 g/mol. The molecule has 0 aliphatic carbocycles. The number of fused-ring (bicyclic) bond motifs is 1. The highest BCUT2D eigenvalue weighted by atomic mass is 32.1. The zero-order chi connectivity index (χ0) is 23.4. The Bertz CT molecular complexity index is 1200. The number of anilines is 1. The molecule has 7 nitrogen and oxygen atoms in total. The molecule has 1 aliphatic rings. The van der Waals surface area contributed by atoms with E-state index in [9.17, 15) is 4.79 Å². The molecule has 3 aromatic rings. The number of aryl methyl sites for hydroxylation is 1. The van der Waals surface area contributed by atoms with Crippen molar-refractivity contribution in [3.8, 4) is 11.5 Å². The SMILES string of the molecule is COc1cc2cc(CN(C[C@H]3CCCO3)C(=S)Nc3cccc(C)c3)c(=O)[nH]c2cc1OC. The molecule has 1 aromatic heterocycles. The summed E-state index contributed by atoms with van der Waals surface area (Å²) in [5.41, 5.74) is 3.20. The van der Waals surface area contributed by atoms with Gasteiger partial charge in [-0.15, -0.1) is 0 Å². The number of nitrogens with zero attached hydrogens (tertiary/aromatic N) is 1. The lowest BCUT2D eigenvalue weighted by molar-refractivity contribution is 0.0904. The van der Waals surface area contributed by atoms with Crippen LogP contribution in [0.4, 0.5) is 5.69 Å². The number of H-pyrrole nitrogens is 1. The van der Waals surface area contributed by atoms with Gasteiger partial charge in [-0.25, -0.2) is 0 Å². The Morgan fingerprint density at radius 3 is 2.70 bits per heavy atom. The third kappa shape index (κ3) is 5.46. The monoisotopic (exact) mass is 467 g/mol. The summed E-state index contributed by atoms with van der Waals surface area (Å²) in [6, 6.07) is 13.6. The van der Waals surface area contributed by atoms with Gasteiger partial charge in [0, 0.05) is 35.9 Å². The summed E-state index contributed by atoms with van der Waals surface area (Å²) < 4.78 is 16.6. The number of aromatic amines is 1. The summed E-state index contributed by atoms with van der Waals surface area (Å²) in [6.07, 6.45) is 2.11. The molecule has 2 N–H and O–H groups in total. The number of aromatic nitrogens is 1. The summed E-state index contributed by atoms with van der Waals surface area (Å²) in [4.78, 5) is 17.9. The van der Waals surface area contributed by atoms with Crippen molar-refractivity contribution in [2.45, 2.75) is 32.4 Å². The molecule has 0 saturated carbocycles. The maximum Gasteiger partial charge on any atom is 0.253 e. The Morgan fingerprint density at radius 1 is 1.21 bits per heavy atom. The first-order chi connectivity index (χ1) is 16.0. The first kappa shape index (κ1) is 23.1. The third-order valence-corrected chi connectivity index (χ3v) is 6.15. The van der Waals surface area contributed by atoms with E-state index in [1.54, 1.807) is 20.3 Å². The van der Waals surface area contributed by atoms with E-state index in [4.69, 9.17) is 26.4 Å². The maximum atomic E-state index is 12.9. The first-order valence-corrected chi connectivity index (χ1v) is 11.4. The summed E-state index contributed by atoms with van der Waals surface area (Å²) in [5, 5.41) is 4.74. The summed E-state index contributed by atoms with van der Waals surface area (Å²) >= 11 is 5.76. The lowest BCUT2D eigenvalue weighted by Gasteiger charge is -2.28. The molecule has 8 heteroatoms. The second-order valence-corrected chi connectivity index (χ2v) is 8.62. The van der Waals surface area contributed by atoms with Crippen LogP contribution in [0, 0.1) is 6.92 Å². The van der Waals surface area contributed by atoms with Gasteiger partial charge < -0.3 is 29.4 Å². The highest BCUT2D eigenvalue weighted by Crippen LogP contribution is 2.31. The molecule has 1 aliphatic heterocycles. The maximum absolute atomic E-state index is 12.9. The van der Waals surface area contributed by atoms with Crippen LogP contribution >= 0.6 is 12.2 Å². The first-order valence-electron chi connectivity index (χ1n) is 11.0. The number of rotatable bonds is 7. The minimum absolute atomic E-state index is 0.0890. The molecule has 0 amide bonds. The van der Waals surface area contributed by atoms with Crippen molar-refractivity contribution in [3.63, 3.8) is 0 Å². The normalized spacial score (nSPS) is 15.4. The molecule has 1 atom stereocenters. The topological polar surface area (TPSA) is 75.8 Å². The summed E-state index contributed by atoms with van der Waals surface area (Å²) in [6.45, 7) is 3.77.